The van der Waals surface area contributed by atoms with Gasteiger partial charge in [-0.25, -0.2) is 0 Å². The minimum Gasteiger partial charge on any atom is -0.345 e. The van der Waals surface area contributed by atoms with Crippen molar-refractivity contribution in [1.29, 1.82) is 0 Å². The van der Waals surface area contributed by atoms with E-state index < -0.39 is 0 Å². The summed E-state index contributed by atoms with van der Waals surface area (Å²) in [5.74, 6) is -0.252. The molecule has 2 N–H and O–H groups in total. The largest absolute Gasteiger partial charge is 0.345 e. The fraction of sp³-hybridized carbons (Fsp3) is 0.429. The third kappa shape index (κ3) is 3.07. The highest BCUT2D eigenvalue weighted by atomic mass is 16.2. The van der Waals surface area contributed by atoms with Gasteiger partial charge in [-0.2, -0.15) is 0 Å². The number of amides is 1. The van der Waals surface area contributed by atoms with E-state index in [9.17, 15) is 9.59 Å². The summed E-state index contributed by atoms with van der Waals surface area (Å²) in [5.41, 5.74) is 3.32. The van der Waals surface area contributed by atoms with Gasteiger partial charge in [0, 0.05) is 12.2 Å². The van der Waals surface area contributed by atoms with Crippen LogP contribution in [0.15, 0.2) is 41.3 Å². The summed E-state index contributed by atoms with van der Waals surface area (Å²) in [7, 11) is 0. The molecule has 2 aliphatic rings. The van der Waals surface area contributed by atoms with Crippen LogP contribution in [0.3, 0.4) is 0 Å². The standard InChI is InChI=1S/C21H25N3O2/c1-14-10-13-24(16-8-11-22-12-9-16)21(26)19(14)20(25)23-18-7-6-15-4-2-3-5-17(15)18/h2-5,10,13,16,18,22H,6-9,11-12H2,1H3,(H,23,25). The van der Waals surface area contributed by atoms with Gasteiger partial charge in [-0.15, -0.1) is 0 Å². The summed E-state index contributed by atoms with van der Waals surface area (Å²) < 4.78 is 1.76. The van der Waals surface area contributed by atoms with Crippen LogP contribution in [0.5, 0.6) is 0 Å². The van der Waals surface area contributed by atoms with Gasteiger partial charge in [0.25, 0.3) is 11.5 Å². The van der Waals surface area contributed by atoms with E-state index in [4.69, 9.17) is 0 Å². The first-order valence-electron chi connectivity index (χ1n) is 9.46. The van der Waals surface area contributed by atoms with Crippen molar-refractivity contribution in [3.05, 3.63) is 69.1 Å². The number of nitrogens with one attached hydrogen (secondary N) is 2. The third-order valence-corrected chi connectivity index (χ3v) is 5.70. The lowest BCUT2D eigenvalue weighted by Crippen LogP contribution is -2.39. The van der Waals surface area contributed by atoms with Crippen molar-refractivity contribution in [2.45, 2.75) is 44.7 Å². The van der Waals surface area contributed by atoms with Crippen molar-refractivity contribution >= 4 is 5.91 Å². The molecule has 1 unspecified atom stereocenters. The average Bonchev–Trinajstić information content (AvgIpc) is 3.06. The zero-order valence-corrected chi connectivity index (χ0v) is 15.1. The molecule has 5 heteroatoms. The molecule has 1 amide bonds. The number of pyridine rings is 1. The van der Waals surface area contributed by atoms with E-state index in [-0.39, 0.29) is 29.1 Å². The lowest BCUT2D eigenvalue weighted by Gasteiger charge is -2.25. The number of aromatic nitrogens is 1. The van der Waals surface area contributed by atoms with E-state index in [2.05, 4.69) is 22.8 Å². The molecule has 5 nitrogen and oxygen atoms in total. The molecule has 1 atom stereocenters. The second kappa shape index (κ2) is 7.08. The van der Waals surface area contributed by atoms with Crippen molar-refractivity contribution in [2.75, 3.05) is 13.1 Å². The van der Waals surface area contributed by atoms with Gasteiger partial charge >= 0.3 is 0 Å². The Morgan fingerprint density at radius 2 is 1.92 bits per heavy atom. The molecule has 1 aromatic heterocycles. The zero-order chi connectivity index (χ0) is 18.1. The molecule has 0 spiro atoms. The lowest BCUT2D eigenvalue weighted by atomic mass is 10.0. The van der Waals surface area contributed by atoms with Crippen LogP contribution in [0, 0.1) is 6.92 Å². The lowest BCUT2D eigenvalue weighted by molar-refractivity contribution is 0.0933. The van der Waals surface area contributed by atoms with Gasteiger partial charge in [0.15, 0.2) is 0 Å². The molecule has 2 heterocycles. The third-order valence-electron chi connectivity index (χ3n) is 5.70. The number of nitrogens with zero attached hydrogens (tertiary/aromatic N) is 1. The summed E-state index contributed by atoms with van der Waals surface area (Å²) in [6, 6.07) is 10.3. The maximum absolute atomic E-state index is 13.0. The molecule has 0 bridgehead atoms. The van der Waals surface area contributed by atoms with Crippen LogP contribution >= 0.6 is 0 Å². The fourth-order valence-corrected chi connectivity index (χ4v) is 4.23. The van der Waals surface area contributed by atoms with E-state index in [0.717, 1.165) is 44.3 Å². The van der Waals surface area contributed by atoms with Crippen molar-refractivity contribution in [2.24, 2.45) is 0 Å². The number of benzene rings is 1. The Kier molecular flexibility index (Phi) is 4.64. The molecule has 1 fully saturated rings. The number of aryl methyl sites for hydroxylation is 2. The summed E-state index contributed by atoms with van der Waals surface area (Å²) >= 11 is 0. The van der Waals surface area contributed by atoms with E-state index in [0.29, 0.717) is 0 Å². The molecule has 0 radical (unpaired) electrons. The van der Waals surface area contributed by atoms with Crippen molar-refractivity contribution < 1.29 is 4.79 Å². The fourth-order valence-electron chi connectivity index (χ4n) is 4.23. The summed E-state index contributed by atoms with van der Waals surface area (Å²) in [6.45, 7) is 3.66. The maximum atomic E-state index is 13.0. The molecule has 4 rings (SSSR count). The van der Waals surface area contributed by atoms with Gasteiger partial charge in [0.05, 0.1) is 6.04 Å². The van der Waals surface area contributed by atoms with Crippen LogP contribution in [0.25, 0.3) is 0 Å². The molecule has 1 saturated heterocycles. The van der Waals surface area contributed by atoms with Gasteiger partial charge in [-0.05, 0) is 68.5 Å². The number of carbonyl (C=O) groups is 1. The first kappa shape index (κ1) is 17.0. The number of piperidine rings is 1. The number of hydrogen-bond donors (Lipinski definition) is 2. The predicted molar refractivity (Wildman–Crippen MR) is 102 cm³/mol. The van der Waals surface area contributed by atoms with E-state index in [1.165, 1.54) is 11.1 Å². The van der Waals surface area contributed by atoms with Crippen LogP contribution in [0.1, 0.15) is 58.4 Å². The van der Waals surface area contributed by atoms with Gasteiger partial charge in [-0.3, -0.25) is 9.59 Å². The first-order chi connectivity index (χ1) is 12.6. The van der Waals surface area contributed by atoms with Gasteiger partial charge in [0.1, 0.15) is 5.56 Å². The average molecular weight is 351 g/mol. The maximum Gasteiger partial charge on any atom is 0.263 e. The van der Waals surface area contributed by atoms with Crippen molar-refractivity contribution in [3.63, 3.8) is 0 Å². The summed E-state index contributed by atoms with van der Waals surface area (Å²) in [4.78, 5) is 26.0. The van der Waals surface area contributed by atoms with Crippen molar-refractivity contribution in [1.82, 2.24) is 15.2 Å². The Hall–Kier alpha value is -2.40. The molecule has 2 aromatic rings. The Morgan fingerprint density at radius 1 is 1.15 bits per heavy atom. The number of fused-ring (bicyclic) bond motifs is 1. The Bertz CT molecular complexity index is 881. The Labute approximate surface area is 153 Å². The monoisotopic (exact) mass is 351 g/mol. The molecule has 26 heavy (non-hydrogen) atoms. The quantitative estimate of drug-likeness (QED) is 0.893. The number of rotatable bonds is 3. The molecule has 0 saturated carbocycles. The molecule has 136 valence electrons. The molecular formula is C21H25N3O2. The normalized spacial score (nSPS) is 20.0. The van der Waals surface area contributed by atoms with Gasteiger partial charge in [0.2, 0.25) is 0 Å². The molecular weight excluding hydrogens is 326 g/mol. The van der Waals surface area contributed by atoms with E-state index in [1.54, 1.807) is 4.57 Å². The summed E-state index contributed by atoms with van der Waals surface area (Å²) in [5, 5.41) is 6.41. The molecule has 1 aromatic carbocycles. The Balaban J connectivity index is 1.61. The predicted octanol–water partition coefficient (Wildman–Crippen LogP) is 2.50. The van der Waals surface area contributed by atoms with Crippen LogP contribution in [-0.2, 0) is 6.42 Å². The second-order valence-corrected chi connectivity index (χ2v) is 7.33. The zero-order valence-electron chi connectivity index (χ0n) is 15.1. The van der Waals surface area contributed by atoms with Crippen LogP contribution in [-0.4, -0.2) is 23.6 Å². The van der Waals surface area contributed by atoms with Gasteiger partial charge < -0.3 is 15.2 Å². The summed E-state index contributed by atoms with van der Waals surface area (Å²) in [6.07, 6.45) is 5.53. The minimum absolute atomic E-state index is 0.00923. The minimum atomic E-state index is -0.252. The van der Waals surface area contributed by atoms with Gasteiger partial charge in [-0.1, -0.05) is 24.3 Å². The highest BCUT2D eigenvalue weighted by Crippen LogP contribution is 2.31. The highest BCUT2D eigenvalue weighted by Gasteiger charge is 2.26. The SMILES string of the molecule is Cc1ccn(C2CCNCC2)c(=O)c1C(=O)NC1CCc2ccccc21. The van der Waals surface area contributed by atoms with Crippen LogP contribution in [0.2, 0.25) is 0 Å². The smallest absolute Gasteiger partial charge is 0.263 e. The van der Waals surface area contributed by atoms with E-state index in [1.807, 2.05) is 31.3 Å². The first-order valence-corrected chi connectivity index (χ1v) is 9.46. The second-order valence-electron chi connectivity index (χ2n) is 7.33. The van der Waals surface area contributed by atoms with Crippen LogP contribution < -0.4 is 16.2 Å². The van der Waals surface area contributed by atoms with E-state index >= 15 is 0 Å². The topological polar surface area (TPSA) is 63.1 Å². The molecule has 1 aliphatic heterocycles. The van der Waals surface area contributed by atoms with Crippen molar-refractivity contribution in [3.8, 4) is 0 Å². The number of carbonyl (C=O) groups excluding carboxylic acids is 1. The number of hydrogen-bond acceptors (Lipinski definition) is 3. The Morgan fingerprint density at radius 3 is 2.73 bits per heavy atom. The highest BCUT2D eigenvalue weighted by molar-refractivity contribution is 5.95. The van der Waals surface area contributed by atoms with Crippen LogP contribution in [0.4, 0.5) is 0 Å². The molecule has 1 aliphatic carbocycles.